The van der Waals surface area contributed by atoms with E-state index in [0.29, 0.717) is 18.3 Å². The molecule has 1 saturated carbocycles. The number of ether oxygens (including phenoxy) is 1. The number of esters is 2. The highest BCUT2D eigenvalue weighted by atomic mass is 16.6. The molecule has 3 unspecified atom stereocenters. The van der Waals surface area contributed by atoms with Crippen LogP contribution in [-0.2, 0) is 14.3 Å². The van der Waals surface area contributed by atoms with Gasteiger partial charge in [-0.3, -0.25) is 9.59 Å². The van der Waals surface area contributed by atoms with Gasteiger partial charge >= 0.3 is 11.9 Å². The summed E-state index contributed by atoms with van der Waals surface area (Å²) in [5, 5.41) is 0. The Morgan fingerprint density at radius 2 is 2.25 bits per heavy atom. The van der Waals surface area contributed by atoms with Gasteiger partial charge in [-0.15, -0.1) is 0 Å². The highest BCUT2D eigenvalue weighted by Gasteiger charge is 2.52. The summed E-state index contributed by atoms with van der Waals surface area (Å²) in [7, 11) is 0. The van der Waals surface area contributed by atoms with Gasteiger partial charge < -0.3 is 4.74 Å². The van der Waals surface area contributed by atoms with Gasteiger partial charge in [0.25, 0.3) is 0 Å². The fourth-order valence-electron chi connectivity index (χ4n) is 2.57. The predicted molar refractivity (Wildman–Crippen MR) is 38.9 cm³/mol. The van der Waals surface area contributed by atoms with Crippen molar-refractivity contribution >= 4 is 11.9 Å². The molecule has 1 heterocycles. The van der Waals surface area contributed by atoms with E-state index in [9.17, 15) is 9.59 Å². The first-order chi connectivity index (χ1) is 5.75. The van der Waals surface area contributed by atoms with Crippen LogP contribution >= 0.6 is 0 Å². The van der Waals surface area contributed by atoms with Crippen LogP contribution in [0, 0.1) is 17.8 Å². The van der Waals surface area contributed by atoms with E-state index in [1.165, 1.54) is 0 Å². The molecule has 0 amide bonds. The van der Waals surface area contributed by atoms with E-state index in [-0.39, 0.29) is 17.9 Å². The van der Waals surface area contributed by atoms with Crippen molar-refractivity contribution in [1.29, 1.82) is 0 Å². The van der Waals surface area contributed by atoms with Crippen LogP contribution in [0.5, 0.6) is 0 Å². The van der Waals surface area contributed by atoms with E-state index in [0.717, 1.165) is 12.0 Å². The quantitative estimate of drug-likeness (QED) is 0.300. The molecule has 3 heteroatoms. The van der Waals surface area contributed by atoms with Gasteiger partial charge in [-0.25, -0.2) is 0 Å². The van der Waals surface area contributed by atoms with Crippen molar-refractivity contribution in [1.82, 2.24) is 0 Å². The molecule has 0 aromatic carbocycles. The molecule has 2 fully saturated rings. The zero-order chi connectivity index (χ0) is 8.29. The molecule has 3 nitrogen and oxygen atoms in total. The first-order valence-corrected chi connectivity index (χ1v) is 4.22. The first-order valence-electron chi connectivity index (χ1n) is 4.22. The molecule has 0 spiro atoms. The summed E-state index contributed by atoms with van der Waals surface area (Å²) in [6.45, 7) is 0. The molecule has 12 heavy (non-hydrogen) atoms. The van der Waals surface area contributed by atoms with Crippen LogP contribution in [0.4, 0.5) is 0 Å². The summed E-state index contributed by atoms with van der Waals surface area (Å²) in [6.07, 6.45) is 3.51. The Bertz CT molecular complexity index is 316. The molecule has 4 rings (SSSR count). The van der Waals surface area contributed by atoms with Crippen LogP contribution in [0.3, 0.4) is 0 Å². The van der Waals surface area contributed by atoms with Crippen LogP contribution < -0.4 is 0 Å². The molecule has 0 radical (unpaired) electrons. The largest absolute Gasteiger partial charge is 0.393 e. The van der Waals surface area contributed by atoms with Gasteiger partial charge in [-0.1, -0.05) is 11.6 Å². The topological polar surface area (TPSA) is 43.4 Å². The third-order valence-electron chi connectivity index (χ3n) is 3.10. The molecule has 4 bridgehead atoms. The number of cyclic esters (lactones) is 2. The second kappa shape index (κ2) is 1.79. The molecule has 3 atom stereocenters. The van der Waals surface area contributed by atoms with Crippen molar-refractivity contribution in [3.63, 3.8) is 0 Å². The fraction of sp³-hybridized carbons (Fsp3) is 0.556. The molecule has 4 aliphatic rings. The van der Waals surface area contributed by atoms with E-state index < -0.39 is 0 Å². The number of hydrogen-bond acceptors (Lipinski definition) is 3. The third-order valence-corrected chi connectivity index (χ3v) is 3.10. The van der Waals surface area contributed by atoms with Gasteiger partial charge in [0.1, 0.15) is 0 Å². The summed E-state index contributed by atoms with van der Waals surface area (Å²) in [5.41, 5.74) is 1.16. The van der Waals surface area contributed by atoms with E-state index in [2.05, 4.69) is 10.8 Å². The molecule has 0 aromatic rings. The van der Waals surface area contributed by atoms with Crippen molar-refractivity contribution in [2.75, 3.05) is 0 Å². The van der Waals surface area contributed by atoms with E-state index in [4.69, 9.17) is 0 Å². The summed E-state index contributed by atoms with van der Waals surface area (Å²) in [5.74, 6) is -0.0211. The summed E-state index contributed by atoms with van der Waals surface area (Å²) in [6, 6.07) is 0. The molecular weight excluding hydrogens is 156 g/mol. The average molecular weight is 164 g/mol. The predicted octanol–water partition coefficient (Wildman–Crippen LogP) is 0.652. The fourth-order valence-corrected chi connectivity index (χ4v) is 2.57. The second-order valence-electron chi connectivity index (χ2n) is 3.74. The Morgan fingerprint density at radius 1 is 1.42 bits per heavy atom. The number of rotatable bonds is 0. The lowest BCUT2D eigenvalue weighted by atomic mass is 9.82. The lowest BCUT2D eigenvalue weighted by Crippen LogP contribution is -2.28. The Balaban J connectivity index is 2.03. The number of carbonyl (C=O) groups is 2. The summed E-state index contributed by atoms with van der Waals surface area (Å²) >= 11 is 0. The van der Waals surface area contributed by atoms with Gasteiger partial charge in [0.05, 0.1) is 12.3 Å². The van der Waals surface area contributed by atoms with Gasteiger partial charge in [0.2, 0.25) is 0 Å². The SMILES string of the molecule is O=C1CC2CC3C=C2C3C(=O)O1. The molecule has 3 aliphatic carbocycles. The highest BCUT2D eigenvalue weighted by molar-refractivity contribution is 5.92. The molecule has 62 valence electrons. The van der Waals surface area contributed by atoms with Crippen LogP contribution in [-0.4, -0.2) is 11.9 Å². The molecule has 0 N–H and O–H groups in total. The molecular formula is C9H8O3. The van der Waals surface area contributed by atoms with E-state index >= 15 is 0 Å². The Kier molecular flexibility index (Phi) is 0.953. The average Bonchev–Trinajstić information content (AvgIpc) is 2.38. The number of allylic oxidation sites excluding steroid dienone is 1. The number of carbonyl (C=O) groups excluding carboxylic acids is 2. The van der Waals surface area contributed by atoms with Crippen molar-refractivity contribution in [3.8, 4) is 0 Å². The zero-order valence-electron chi connectivity index (χ0n) is 6.45. The highest BCUT2D eigenvalue weighted by Crippen LogP contribution is 2.54. The van der Waals surface area contributed by atoms with Gasteiger partial charge in [-0.2, -0.15) is 0 Å². The molecule has 1 saturated heterocycles. The standard InChI is InChI=1S/C9H8O3/c10-7-3-4-1-5-2-6(4)8(5)9(11)12-7/h2,4-5,8H,1,3H2. The Hall–Kier alpha value is -1.12. The van der Waals surface area contributed by atoms with Crippen molar-refractivity contribution in [3.05, 3.63) is 11.6 Å². The van der Waals surface area contributed by atoms with Gasteiger partial charge in [-0.05, 0) is 18.3 Å². The maximum absolute atomic E-state index is 11.2. The van der Waals surface area contributed by atoms with Crippen LogP contribution in [0.1, 0.15) is 12.8 Å². The second-order valence-corrected chi connectivity index (χ2v) is 3.74. The Labute approximate surface area is 69.4 Å². The minimum atomic E-state index is -0.348. The van der Waals surface area contributed by atoms with Crippen molar-refractivity contribution in [2.24, 2.45) is 17.8 Å². The minimum absolute atomic E-state index is 0.0542. The van der Waals surface area contributed by atoms with Crippen molar-refractivity contribution in [2.45, 2.75) is 12.8 Å². The van der Waals surface area contributed by atoms with Crippen LogP contribution in [0.25, 0.3) is 0 Å². The Morgan fingerprint density at radius 3 is 3.08 bits per heavy atom. The maximum Gasteiger partial charge on any atom is 0.321 e. The monoisotopic (exact) mass is 164 g/mol. The van der Waals surface area contributed by atoms with E-state index in [1.54, 1.807) is 0 Å². The molecule has 0 aromatic heterocycles. The minimum Gasteiger partial charge on any atom is -0.393 e. The van der Waals surface area contributed by atoms with Crippen LogP contribution in [0.2, 0.25) is 0 Å². The van der Waals surface area contributed by atoms with Crippen LogP contribution in [0.15, 0.2) is 11.6 Å². The summed E-state index contributed by atoms with van der Waals surface area (Å²) < 4.78 is 4.63. The smallest absolute Gasteiger partial charge is 0.321 e. The lowest BCUT2D eigenvalue weighted by Gasteiger charge is -2.22. The lowest BCUT2D eigenvalue weighted by molar-refractivity contribution is -0.162. The summed E-state index contributed by atoms with van der Waals surface area (Å²) in [4.78, 5) is 22.2. The normalized spacial score (nSPS) is 43.0. The third kappa shape index (κ3) is 0.578. The molecule has 1 aliphatic heterocycles. The number of hydrogen-bond donors (Lipinski definition) is 0. The van der Waals surface area contributed by atoms with Crippen molar-refractivity contribution < 1.29 is 14.3 Å². The van der Waals surface area contributed by atoms with Gasteiger partial charge in [0.15, 0.2) is 0 Å². The zero-order valence-corrected chi connectivity index (χ0v) is 6.45. The van der Waals surface area contributed by atoms with Gasteiger partial charge in [0, 0.05) is 0 Å². The maximum atomic E-state index is 11.2. The van der Waals surface area contributed by atoms with E-state index in [1.807, 2.05) is 0 Å². The first kappa shape index (κ1) is 6.40.